The monoisotopic (exact) mass is 370 g/mol. The number of aryl methyl sites for hydroxylation is 1. The first kappa shape index (κ1) is 16.7. The summed E-state index contributed by atoms with van der Waals surface area (Å²) in [6.07, 6.45) is 8.10. The van der Waals surface area contributed by atoms with Crippen LogP contribution >= 0.6 is 11.8 Å². The molecule has 4 aliphatic carbocycles. The molecule has 1 heterocycles. The van der Waals surface area contributed by atoms with Crippen molar-refractivity contribution in [3.63, 3.8) is 0 Å². The lowest BCUT2D eigenvalue weighted by molar-refractivity contribution is -0.0191. The summed E-state index contributed by atoms with van der Waals surface area (Å²) in [4.78, 5) is 0. The summed E-state index contributed by atoms with van der Waals surface area (Å²) in [5.74, 6) is 5.33. The third-order valence-corrected chi connectivity index (χ3v) is 7.28. The van der Waals surface area contributed by atoms with E-state index in [0.717, 1.165) is 35.1 Å². The van der Waals surface area contributed by atoms with Gasteiger partial charge in [-0.25, -0.2) is 0 Å². The number of ether oxygens (including phenoxy) is 1. The molecule has 0 atom stereocenters. The maximum atomic E-state index is 6.12. The lowest BCUT2D eigenvalue weighted by Gasteiger charge is -2.55. The molecule has 0 aliphatic heterocycles. The van der Waals surface area contributed by atoms with Gasteiger partial charge in [-0.05, 0) is 75.3 Å². The Bertz CT molecular complexity index is 735. The van der Waals surface area contributed by atoms with E-state index in [1.165, 1.54) is 44.1 Å². The minimum Gasteiger partial charge on any atom is -0.493 e. The Hall–Kier alpha value is -1.49. The van der Waals surface area contributed by atoms with E-state index in [-0.39, 0.29) is 5.41 Å². The second-order valence-electron chi connectivity index (χ2n) is 8.58. The van der Waals surface area contributed by atoms with Crippen molar-refractivity contribution in [1.82, 2.24) is 10.2 Å². The zero-order chi connectivity index (χ0) is 17.6. The van der Waals surface area contributed by atoms with Crippen molar-refractivity contribution in [3.8, 4) is 5.75 Å². The molecule has 0 unspecified atom stereocenters. The Balaban J connectivity index is 1.18. The largest absolute Gasteiger partial charge is 0.493 e. The van der Waals surface area contributed by atoms with Crippen molar-refractivity contribution in [1.29, 1.82) is 0 Å². The molecule has 0 N–H and O–H groups in total. The van der Waals surface area contributed by atoms with E-state index < -0.39 is 0 Å². The van der Waals surface area contributed by atoms with Crippen molar-refractivity contribution in [2.24, 2.45) is 17.8 Å². The molecule has 4 bridgehead atoms. The van der Waals surface area contributed by atoms with Gasteiger partial charge in [0.05, 0.1) is 6.61 Å². The number of benzene rings is 1. The maximum absolute atomic E-state index is 6.12. The van der Waals surface area contributed by atoms with Gasteiger partial charge in [0.1, 0.15) is 5.75 Å². The molecule has 4 aliphatic rings. The van der Waals surface area contributed by atoms with Crippen LogP contribution in [0, 0.1) is 24.7 Å². The quantitative estimate of drug-likeness (QED) is 0.528. The standard InChI is InChI=1S/C21H26N2O2S/c1-14-2-4-18(5-3-14)24-6-7-26-20-23-22-19(25-20)21-11-15-8-16(12-21)10-17(9-15)13-21/h2-5,15-17H,6-13H2,1H3. The first-order valence-electron chi connectivity index (χ1n) is 9.85. The molecule has 4 nitrogen and oxygen atoms in total. The van der Waals surface area contributed by atoms with Gasteiger partial charge in [-0.15, -0.1) is 10.2 Å². The summed E-state index contributed by atoms with van der Waals surface area (Å²) in [5.41, 5.74) is 1.44. The Morgan fingerprint density at radius 2 is 1.69 bits per heavy atom. The highest BCUT2D eigenvalue weighted by Crippen LogP contribution is 2.60. The number of hydrogen-bond acceptors (Lipinski definition) is 5. The average Bonchev–Trinajstić information content (AvgIpc) is 3.09. The van der Waals surface area contributed by atoms with Crippen molar-refractivity contribution in [2.75, 3.05) is 12.4 Å². The van der Waals surface area contributed by atoms with Crippen LogP contribution in [0.1, 0.15) is 50.0 Å². The summed E-state index contributed by atoms with van der Waals surface area (Å²) in [6, 6.07) is 8.16. The first-order chi connectivity index (χ1) is 12.7. The lowest BCUT2D eigenvalue weighted by Crippen LogP contribution is -2.48. The van der Waals surface area contributed by atoms with Crippen LogP contribution in [-0.4, -0.2) is 22.6 Å². The smallest absolute Gasteiger partial charge is 0.276 e. The highest BCUT2D eigenvalue weighted by molar-refractivity contribution is 7.99. The minimum atomic E-state index is 0.193. The van der Waals surface area contributed by atoms with Crippen molar-refractivity contribution >= 4 is 11.8 Å². The summed E-state index contributed by atoms with van der Waals surface area (Å²) >= 11 is 1.60. The molecule has 0 saturated heterocycles. The highest BCUT2D eigenvalue weighted by Gasteiger charge is 2.54. The number of nitrogens with zero attached hydrogens (tertiary/aromatic N) is 2. The lowest BCUT2D eigenvalue weighted by atomic mass is 9.49. The second kappa shape index (κ2) is 6.59. The number of thioether (sulfide) groups is 1. The molecule has 26 heavy (non-hydrogen) atoms. The van der Waals surface area contributed by atoms with Gasteiger partial charge in [-0.3, -0.25) is 0 Å². The summed E-state index contributed by atoms with van der Waals surface area (Å²) in [7, 11) is 0. The second-order valence-corrected chi connectivity index (χ2v) is 9.63. The molecule has 5 heteroatoms. The predicted octanol–water partition coefficient (Wildman–Crippen LogP) is 5.02. The predicted molar refractivity (Wildman–Crippen MR) is 102 cm³/mol. The molecule has 138 valence electrons. The van der Waals surface area contributed by atoms with E-state index in [9.17, 15) is 0 Å². The van der Waals surface area contributed by atoms with Gasteiger partial charge in [0.2, 0.25) is 5.89 Å². The zero-order valence-electron chi connectivity index (χ0n) is 15.3. The third-order valence-electron chi connectivity index (χ3n) is 6.50. The Morgan fingerprint density at radius 3 is 2.35 bits per heavy atom. The normalized spacial score (nSPS) is 32.1. The number of aromatic nitrogens is 2. The topological polar surface area (TPSA) is 48.2 Å². The van der Waals surface area contributed by atoms with E-state index in [2.05, 4.69) is 29.3 Å². The van der Waals surface area contributed by atoms with Crippen LogP contribution in [0.15, 0.2) is 33.9 Å². The minimum absolute atomic E-state index is 0.193. The van der Waals surface area contributed by atoms with Gasteiger partial charge in [-0.1, -0.05) is 29.5 Å². The summed E-state index contributed by atoms with van der Waals surface area (Å²) in [6.45, 7) is 2.72. The molecule has 0 spiro atoms. The van der Waals surface area contributed by atoms with Crippen molar-refractivity contribution in [2.45, 2.75) is 56.1 Å². The third kappa shape index (κ3) is 3.15. The molecule has 4 saturated carbocycles. The van der Waals surface area contributed by atoms with E-state index in [1.807, 2.05) is 12.1 Å². The van der Waals surface area contributed by atoms with Crippen LogP contribution in [-0.2, 0) is 5.41 Å². The molecular formula is C21H26N2O2S. The van der Waals surface area contributed by atoms with Gasteiger partial charge >= 0.3 is 0 Å². The Kier molecular flexibility index (Phi) is 4.23. The van der Waals surface area contributed by atoms with Crippen LogP contribution in [0.4, 0.5) is 0 Å². The highest BCUT2D eigenvalue weighted by atomic mass is 32.2. The first-order valence-corrected chi connectivity index (χ1v) is 10.8. The molecular weight excluding hydrogens is 344 g/mol. The number of hydrogen-bond donors (Lipinski definition) is 0. The SMILES string of the molecule is Cc1ccc(OCCSc2nnc(C34CC5CC(CC(C5)C3)C4)o2)cc1. The maximum Gasteiger partial charge on any atom is 0.276 e. The molecule has 4 fully saturated rings. The molecule has 2 aromatic rings. The van der Waals surface area contributed by atoms with Crippen molar-refractivity contribution < 1.29 is 9.15 Å². The van der Waals surface area contributed by atoms with E-state index in [4.69, 9.17) is 9.15 Å². The fraction of sp³-hybridized carbons (Fsp3) is 0.619. The van der Waals surface area contributed by atoms with Crippen LogP contribution in [0.3, 0.4) is 0 Å². The van der Waals surface area contributed by atoms with Gasteiger partial charge in [-0.2, -0.15) is 0 Å². The Labute approximate surface area is 159 Å². The summed E-state index contributed by atoms with van der Waals surface area (Å²) in [5, 5.41) is 9.49. The van der Waals surface area contributed by atoms with Crippen LogP contribution in [0.2, 0.25) is 0 Å². The molecule has 0 radical (unpaired) electrons. The molecule has 0 amide bonds. The van der Waals surface area contributed by atoms with Gasteiger partial charge < -0.3 is 9.15 Å². The van der Waals surface area contributed by atoms with Gasteiger partial charge in [0, 0.05) is 11.2 Å². The van der Waals surface area contributed by atoms with Crippen LogP contribution in [0.5, 0.6) is 5.75 Å². The molecule has 1 aromatic carbocycles. The van der Waals surface area contributed by atoms with E-state index in [1.54, 1.807) is 11.8 Å². The van der Waals surface area contributed by atoms with Crippen LogP contribution < -0.4 is 4.74 Å². The van der Waals surface area contributed by atoms with Crippen LogP contribution in [0.25, 0.3) is 0 Å². The average molecular weight is 371 g/mol. The zero-order valence-corrected chi connectivity index (χ0v) is 16.1. The van der Waals surface area contributed by atoms with Crippen molar-refractivity contribution in [3.05, 3.63) is 35.7 Å². The Morgan fingerprint density at radius 1 is 1.04 bits per heavy atom. The summed E-state index contributed by atoms with van der Waals surface area (Å²) < 4.78 is 11.9. The fourth-order valence-electron chi connectivity index (χ4n) is 5.78. The molecule has 1 aromatic heterocycles. The van der Waals surface area contributed by atoms with Gasteiger partial charge in [0.25, 0.3) is 5.22 Å². The van der Waals surface area contributed by atoms with E-state index in [0.29, 0.717) is 11.8 Å². The molecule has 6 rings (SSSR count). The fourth-order valence-corrected chi connectivity index (χ4v) is 6.36. The number of rotatable bonds is 6. The van der Waals surface area contributed by atoms with E-state index >= 15 is 0 Å². The van der Waals surface area contributed by atoms with Gasteiger partial charge in [0.15, 0.2) is 0 Å².